The van der Waals surface area contributed by atoms with E-state index in [1.807, 2.05) is 0 Å². The molecule has 0 amide bonds. The van der Waals surface area contributed by atoms with Gasteiger partial charge in [-0.3, -0.25) is 0 Å². The van der Waals surface area contributed by atoms with Crippen LogP contribution in [0.5, 0.6) is 0 Å². The van der Waals surface area contributed by atoms with E-state index >= 15 is 0 Å². The zero-order chi connectivity index (χ0) is 31.1. The van der Waals surface area contributed by atoms with Crippen LogP contribution in [0.3, 0.4) is 0 Å². The molecule has 3 heterocycles. The Hall–Kier alpha value is -5.50. The summed E-state index contributed by atoms with van der Waals surface area (Å²) >= 11 is 0. The van der Waals surface area contributed by atoms with Crippen LogP contribution in [0.2, 0.25) is 0 Å². The first kappa shape index (κ1) is 32.4. The van der Waals surface area contributed by atoms with Gasteiger partial charge in [0.2, 0.25) is 0 Å². The molecule has 0 saturated heterocycles. The third kappa shape index (κ3) is 7.72. The van der Waals surface area contributed by atoms with E-state index in [4.69, 9.17) is 0 Å². The van der Waals surface area contributed by atoms with Crippen LogP contribution in [0.4, 0.5) is 17.5 Å². The third-order valence-corrected chi connectivity index (χ3v) is 9.23. The van der Waals surface area contributed by atoms with Gasteiger partial charge >= 0.3 is 41.6 Å². The van der Waals surface area contributed by atoms with Crippen LogP contribution >= 0.6 is 7.92 Å². The van der Waals surface area contributed by atoms with Gasteiger partial charge in [-0.25, -0.2) is 0 Å². The summed E-state index contributed by atoms with van der Waals surface area (Å²) in [6, 6.07) is 35.9. The molecule has 3 aromatic heterocycles. The van der Waals surface area contributed by atoms with Crippen molar-refractivity contribution >= 4 is 48.4 Å². The Morgan fingerprint density at radius 1 is 0.489 bits per heavy atom. The molecular formula is C27H23BCuN9O6P+. The number of rotatable bonds is 9. The van der Waals surface area contributed by atoms with E-state index in [1.54, 1.807) is 0 Å². The summed E-state index contributed by atoms with van der Waals surface area (Å²) in [7, 11) is -3.06. The molecule has 6 rings (SSSR count). The Labute approximate surface area is 266 Å². The molecule has 0 unspecified atom stereocenters. The number of nitro groups is 3. The van der Waals surface area contributed by atoms with Crippen molar-refractivity contribution < 1.29 is 31.8 Å². The van der Waals surface area contributed by atoms with Gasteiger partial charge in [-0.2, -0.15) is 0 Å². The van der Waals surface area contributed by atoms with Crippen LogP contribution in [0.15, 0.2) is 128 Å². The molecule has 3 aromatic carbocycles. The first-order valence-corrected chi connectivity index (χ1v) is 14.6. The smallest absolute Gasteiger partial charge is 0.358 e. The molecule has 0 bridgehead atoms. The minimum atomic E-state index is -2.18. The molecule has 45 heavy (non-hydrogen) atoms. The van der Waals surface area contributed by atoms with Gasteiger partial charge in [-0.05, 0) is 51.2 Å². The maximum atomic E-state index is 10.8. The molecule has 6 aromatic rings. The summed E-state index contributed by atoms with van der Waals surface area (Å²) in [5.41, 5.74) is 0. The summed E-state index contributed by atoms with van der Waals surface area (Å²) < 4.78 is 3.39. The van der Waals surface area contributed by atoms with Crippen molar-refractivity contribution in [2.24, 2.45) is 0 Å². The number of aromatic nitrogens is 6. The quantitative estimate of drug-likeness (QED) is 0.0963. The first-order valence-electron chi connectivity index (χ1n) is 13.1. The van der Waals surface area contributed by atoms with E-state index in [1.165, 1.54) is 34.5 Å². The Bertz CT molecular complexity index is 1670. The molecule has 0 spiro atoms. The topological polar surface area (TPSA) is 183 Å². The van der Waals surface area contributed by atoms with Crippen molar-refractivity contribution in [1.82, 2.24) is 29.1 Å². The predicted octanol–water partition coefficient (Wildman–Crippen LogP) is 2.84. The van der Waals surface area contributed by atoms with Crippen molar-refractivity contribution in [3.8, 4) is 0 Å². The average Bonchev–Trinajstić information content (AvgIpc) is 3.82. The number of hydrogen-bond donors (Lipinski definition) is 0. The zero-order valence-electron chi connectivity index (χ0n) is 23.1. The maximum Gasteiger partial charge on any atom is 1.00 e. The Morgan fingerprint density at radius 3 is 0.978 bits per heavy atom. The second-order valence-electron chi connectivity index (χ2n) is 9.31. The molecule has 0 saturated carbocycles. The van der Waals surface area contributed by atoms with Crippen LogP contribution in [-0.4, -0.2) is 51.0 Å². The molecule has 0 aliphatic carbocycles. The summed E-state index contributed by atoms with van der Waals surface area (Å²) in [4.78, 5) is 30.3. The zero-order valence-corrected chi connectivity index (χ0v) is 25.0. The van der Waals surface area contributed by atoms with E-state index in [2.05, 4.69) is 106 Å². The predicted molar refractivity (Wildman–Crippen MR) is 167 cm³/mol. The van der Waals surface area contributed by atoms with E-state index in [0.29, 0.717) is 0 Å². The summed E-state index contributed by atoms with van der Waals surface area (Å²) in [5.74, 6) is -1.37. The van der Waals surface area contributed by atoms with Crippen molar-refractivity contribution in [2.45, 2.75) is 0 Å². The summed E-state index contributed by atoms with van der Waals surface area (Å²) in [5, 5.41) is 48.0. The van der Waals surface area contributed by atoms with Crippen LogP contribution < -0.4 is 15.9 Å². The van der Waals surface area contributed by atoms with Gasteiger partial charge < -0.3 is 44.1 Å². The van der Waals surface area contributed by atoms with Crippen LogP contribution in [-0.2, 0) is 17.1 Å². The molecule has 0 aliphatic rings. The molecule has 0 atom stereocenters. The van der Waals surface area contributed by atoms with Gasteiger partial charge in [0.1, 0.15) is 15.9 Å². The molecule has 0 N–H and O–H groups in total. The molecule has 15 nitrogen and oxygen atoms in total. The van der Waals surface area contributed by atoms with Crippen molar-refractivity contribution in [3.63, 3.8) is 0 Å². The van der Waals surface area contributed by atoms with Crippen molar-refractivity contribution in [2.75, 3.05) is 0 Å². The van der Waals surface area contributed by atoms with Gasteiger partial charge in [-0.1, -0.05) is 54.6 Å². The van der Waals surface area contributed by atoms with Gasteiger partial charge in [0, 0.05) is 33.9 Å². The Kier molecular flexibility index (Phi) is 10.7. The molecular weight excluding hydrogens is 652 g/mol. The third-order valence-electron chi connectivity index (χ3n) is 6.50. The van der Waals surface area contributed by atoms with Crippen LogP contribution in [0.1, 0.15) is 0 Å². The van der Waals surface area contributed by atoms with Gasteiger partial charge in [0.25, 0.3) is 0 Å². The van der Waals surface area contributed by atoms with Crippen molar-refractivity contribution in [1.29, 1.82) is 0 Å². The first-order chi connectivity index (χ1) is 21.3. The van der Waals surface area contributed by atoms with E-state index < -0.39 is 47.3 Å². The minimum Gasteiger partial charge on any atom is -0.358 e. The Balaban J connectivity index is 0.000000207. The van der Waals surface area contributed by atoms with E-state index in [9.17, 15) is 30.3 Å². The Morgan fingerprint density at radius 2 is 0.756 bits per heavy atom. The van der Waals surface area contributed by atoms with Gasteiger partial charge in [0.05, 0.1) is 26.1 Å². The van der Waals surface area contributed by atoms with E-state index in [-0.39, 0.29) is 17.1 Å². The molecule has 0 aliphatic heterocycles. The monoisotopic (exact) mass is 674 g/mol. The molecule has 0 radical (unpaired) electrons. The minimum absolute atomic E-state index is 0. The van der Waals surface area contributed by atoms with E-state index in [0.717, 1.165) is 32.0 Å². The summed E-state index contributed by atoms with van der Waals surface area (Å²) in [6.07, 6.45) is 3.79. The molecule has 230 valence electrons. The second-order valence-corrected chi connectivity index (χ2v) is 11.8. The molecule has 18 heteroatoms. The standard InChI is InChI=1S/C18H15P.C9H7BN9O6.Cu/c1-4-10-16(11-5-1)19(17-12-6-2-7-13-17)18-14-8-3-9-15-18;20-17(21)7-1-4-14(11-7)10(15-5-2-8(12-15)18(22)23)16-6-3-9(13-16)19(24)25;/h1-15H;1-6,10H;/q;-1;+1/p+1. The number of hydrogen-bond acceptors (Lipinski definition) is 9. The van der Waals surface area contributed by atoms with Crippen LogP contribution in [0, 0.1) is 30.3 Å². The SMILES string of the molecule is O=[N+]([O-])c1ccn([BH-](n2ccc([N+](=O)[O-])n2)n2ccc([N+](=O)[O-])n2)n1.[Cu+].c1ccc([PH+](c2ccccc2)c2ccccc2)cc1. The number of benzene rings is 3. The normalized spacial score (nSPS) is 10.5. The number of nitrogens with zero attached hydrogens (tertiary/aromatic N) is 9. The van der Waals surface area contributed by atoms with Gasteiger partial charge in [0.15, 0.2) is 0 Å². The largest absolute Gasteiger partial charge is 1.00 e. The second kappa shape index (κ2) is 14.8. The van der Waals surface area contributed by atoms with Gasteiger partial charge in [-0.15, -0.1) is 0 Å². The molecule has 0 fully saturated rings. The fraction of sp³-hybridized carbons (Fsp3) is 0. The summed E-state index contributed by atoms with van der Waals surface area (Å²) in [6.45, 7) is 0. The fourth-order valence-corrected chi connectivity index (χ4v) is 7.15. The average molecular weight is 675 g/mol. The maximum absolute atomic E-state index is 10.8. The fourth-order valence-electron chi connectivity index (χ4n) is 4.58. The van der Waals surface area contributed by atoms with Crippen molar-refractivity contribution in [3.05, 3.63) is 158 Å². The van der Waals surface area contributed by atoms with Crippen LogP contribution in [0.25, 0.3) is 0 Å².